The van der Waals surface area contributed by atoms with Gasteiger partial charge in [0, 0.05) is 18.2 Å². The van der Waals surface area contributed by atoms with Crippen molar-refractivity contribution in [2.45, 2.75) is 25.8 Å². The van der Waals surface area contributed by atoms with Crippen molar-refractivity contribution in [1.29, 1.82) is 0 Å². The number of likely N-dealkylation sites (tertiary alicyclic amines) is 1. The van der Waals surface area contributed by atoms with Gasteiger partial charge in [-0.1, -0.05) is 18.6 Å². The monoisotopic (exact) mass is 330 g/mol. The van der Waals surface area contributed by atoms with Crippen LogP contribution in [0, 0.1) is 11.6 Å². The minimum absolute atomic E-state index is 0.0289. The van der Waals surface area contributed by atoms with Crippen molar-refractivity contribution in [1.82, 2.24) is 4.90 Å². The van der Waals surface area contributed by atoms with Crippen LogP contribution >= 0.6 is 0 Å². The second-order valence-corrected chi connectivity index (χ2v) is 6.11. The van der Waals surface area contributed by atoms with E-state index in [4.69, 9.17) is 0 Å². The first-order valence-electron chi connectivity index (χ1n) is 8.19. The van der Waals surface area contributed by atoms with Gasteiger partial charge in [-0.15, -0.1) is 0 Å². The maximum absolute atomic E-state index is 13.6. The van der Waals surface area contributed by atoms with Gasteiger partial charge < -0.3 is 5.32 Å². The Bertz CT molecular complexity index is 710. The zero-order chi connectivity index (χ0) is 16.9. The Kier molecular flexibility index (Phi) is 5.20. The molecular weight excluding hydrogens is 310 g/mol. The summed E-state index contributed by atoms with van der Waals surface area (Å²) in [6, 6.07) is 10.4. The van der Waals surface area contributed by atoms with Crippen LogP contribution in [-0.4, -0.2) is 23.9 Å². The number of nitrogens with zero attached hydrogens (tertiary/aromatic N) is 1. The molecular formula is C19H20F2N2O. The Morgan fingerprint density at radius 2 is 1.71 bits per heavy atom. The van der Waals surface area contributed by atoms with Crippen molar-refractivity contribution in [2.75, 3.05) is 18.4 Å². The lowest BCUT2D eigenvalue weighted by Gasteiger charge is -2.26. The fourth-order valence-corrected chi connectivity index (χ4v) is 2.92. The van der Waals surface area contributed by atoms with Gasteiger partial charge in [0.15, 0.2) is 0 Å². The molecule has 2 aromatic carbocycles. The quantitative estimate of drug-likeness (QED) is 0.911. The van der Waals surface area contributed by atoms with Crippen LogP contribution in [0.4, 0.5) is 14.5 Å². The van der Waals surface area contributed by atoms with E-state index in [1.807, 2.05) is 12.1 Å². The number of anilines is 1. The topological polar surface area (TPSA) is 32.3 Å². The molecule has 1 N–H and O–H groups in total. The van der Waals surface area contributed by atoms with Gasteiger partial charge in [-0.2, -0.15) is 0 Å². The Morgan fingerprint density at radius 1 is 1.00 bits per heavy atom. The molecule has 1 amide bonds. The second-order valence-electron chi connectivity index (χ2n) is 6.11. The summed E-state index contributed by atoms with van der Waals surface area (Å²) < 4.78 is 26.5. The Morgan fingerprint density at radius 3 is 2.38 bits per heavy atom. The highest BCUT2D eigenvalue weighted by Crippen LogP contribution is 2.17. The van der Waals surface area contributed by atoms with Crippen LogP contribution in [-0.2, 0) is 6.54 Å². The molecule has 0 aliphatic carbocycles. The Labute approximate surface area is 140 Å². The van der Waals surface area contributed by atoms with Gasteiger partial charge in [0.2, 0.25) is 0 Å². The molecule has 2 aromatic rings. The summed E-state index contributed by atoms with van der Waals surface area (Å²) in [5.74, 6) is -1.87. The lowest BCUT2D eigenvalue weighted by Crippen LogP contribution is -2.29. The maximum Gasteiger partial charge on any atom is 0.255 e. The molecule has 1 fully saturated rings. The van der Waals surface area contributed by atoms with Crippen molar-refractivity contribution in [3.63, 3.8) is 0 Å². The molecule has 0 unspecified atom stereocenters. The Hall–Kier alpha value is -2.27. The number of hydrogen-bond donors (Lipinski definition) is 1. The molecule has 1 aliphatic heterocycles. The summed E-state index contributed by atoms with van der Waals surface area (Å²) in [5.41, 5.74) is 1.57. The van der Waals surface area contributed by atoms with E-state index in [9.17, 15) is 13.6 Å². The number of hydrogen-bond acceptors (Lipinski definition) is 2. The SMILES string of the molecule is O=C(Nc1ccc(F)cc1F)c1ccc(CN2CCCCC2)cc1. The summed E-state index contributed by atoms with van der Waals surface area (Å²) >= 11 is 0. The van der Waals surface area contributed by atoms with Crippen molar-refractivity contribution in [2.24, 2.45) is 0 Å². The molecule has 0 aromatic heterocycles. The van der Waals surface area contributed by atoms with Crippen molar-refractivity contribution < 1.29 is 13.6 Å². The molecule has 0 bridgehead atoms. The number of carbonyl (C=O) groups is 1. The fourth-order valence-electron chi connectivity index (χ4n) is 2.92. The van der Waals surface area contributed by atoms with E-state index in [1.165, 1.54) is 25.3 Å². The van der Waals surface area contributed by atoms with Gasteiger partial charge >= 0.3 is 0 Å². The first kappa shape index (κ1) is 16.6. The predicted molar refractivity (Wildman–Crippen MR) is 89.9 cm³/mol. The summed E-state index contributed by atoms with van der Waals surface area (Å²) in [7, 11) is 0. The molecule has 1 heterocycles. The van der Waals surface area contributed by atoms with E-state index in [1.54, 1.807) is 12.1 Å². The van der Waals surface area contributed by atoms with Gasteiger partial charge in [-0.05, 0) is 55.8 Å². The molecule has 0 atom stereocenters. The second kappa shape index (κ2) is 7.53. The van der Waals surface area contributed by atoms with Crippen molar-refractivity contribution in [3.8, 4) is 0 Å². The zero-order valence-electron chi connectivity index (χ0n) is 13.4. The largest absolute Gasteiger partial charge is 0.319 e. The van der Waals surface area contributed by atoms with Crippen LogP contribution < -0.4 is 5.32 Å². The molecule has 0 spiro atoms. The highest BCUT2D eigenvalue weighted by molar-refractivity contribution is 6.04. The molecule has 24 heavy (non-hydrogen) atoms. The molecule has 1 saturated heterocycles. The van der Waals surface area contributed by atoms with Crippen molar-refractivity contribution >= 4 is 11.6 Å². The third-order valence-corrected chi connectivity index (χ3v) is 4.25. The van der Waals surface area contributed by atoms with Crippen LogP contribution in [0.25, 0.3) is 0 Å². The number of amides is 1. The minimum Gasteiger partial charge on any atom is -0.319 e. The predicted octanol–water partition coefficient (Wildman–Crippen LogP) is 4.20. The van der Waals surface area contributed by atoms with E-state index in [2.05, 4.69) is 10.2 Å². The average molecular weight is 330 g/mol. The molecule has 0 radical (unpaired) electrons. The first-order chi connectivity index (χ1) is 11.6. The summed E-state index contributed by atoms with van der Waals surface area (Å²) in [6.45, 7) is 3.12. The van der Waals surface area contributed by atoms with Gasteiger partial charge in [0.05, 0.1) is 5.69 Å². The third kappa shape index (κ3) is 4.17. The number of benzene rings is 2. The first-order valence-corrected chi connectivity index (χ1v) is 8.19. The summed E-state index contributed by atoms with van der Waals surface area (Å²) in [4.78, 5) is 14.6. The van der Waals surface area contributed by atoms with Gasteiger partial charge in [-0.3, -0.25) is 9.69 Å². The van der Waals surface area contributed by atoms with Crippen LogP contribution in [0.2, 0.25) is 0 Å². The number of nitrogens with one attached hydrogen (secondary N) is 1. The van der Waals surface area contributed by atoms with Crippen LogP contribution in [0.1, 0.15) is 35.2 Å². The molecule has 1 aliphatic rings. The van der Waals surface area contributed by atoms with E-state index < -0.39 is 17.5 Å². The smallest absolute Gasteiger partial charge is 0.255 e. The van der Waals surface area contributed by atoms with Gasteiger partial charge in [0.25, 0.3) is 5.91 Å². The molecule has 3 nitrogen and oxygen atoms in total. The maximum atomic E-state index is 13.6. The Balaban J connectivity index is 1.62. The minimum atomic E-state index is -0.787. The fraction of sp³-hybridized carbons (Fsp3) is 0.316. The summed E-state index contributed by atoms with van der Waals surface area (Å²) in [6.07, 6.45) is 3.78. The molecule has 126 valence electrons. The normalized spacial score (nSPS) is 15.2. The van der Waals surface area contributed by atoms with E-state index in [-0.39, 0.29) is 5.69 Å². The van der Waals surface area contributed by atoms with Crippen LogP contribution in [0.5, 0.6) is 0 Å². The molecule has 0 saturated carbocycles. The number of halogens is 2. The highest BCUT2D eigenvalue weighted by Gasteiger charge is 2.12. The molecule has 5 heteroatoms. The van der Waals surface area contributed by atoms with Crippen LogP contribution in [0.15, 0.2) is 42.5 Å². The van der Waals surface area contributed by atoms with Gasteiger partial charge in [0.1, 0.15) is 11.6 Å². The summed E-state index contributed by atoms with van der Waals surface area (Å²) in [5, 5.41) is 2.46. The van der Waals surface area contributed by atoms with E-state index in [0.717, 1.165) is 37.3 Å². The van der Waals surface area contributed by atoms with E-state index >= 15 is 0 Å². The number of carbonyl (C=O) groups excluding carboxylic acids is 1. The van der Waals surface area contributed by atoms with E-state index in [0.29, 0.717) is 5.56 Å². The number of piperidine rings is 1. The number of rotatable bonds is 4. The lowest BCUT2D eigenvalue weighted by molar-refractivity contribution is 0.102. The van der Waals surface area contributed by atoms with Gasteiger partial charge in [-0.25, -0.2) is 8.78 Å². The highest BCUT2D eigenvalue weighted by atomic mass is 19.1. The third-order valence-electron chi connectivity index (χ3n) is 4.25. The average Bonchev–Trinajstić information content (AvgIpc) is 2.59. The standard InChI is InChI=1S/C19H20F2N2O/c20-16-8-9-18(17(21)12-16)22-19(24)15-6-4-14(5-7-15)13-23-10-2-1-3-11-23/h4-9,12H,1-3,10-11,13H2,(H,22,24). The zero-order valence-corrected chi connectivity index (χ0v) is 13.4. The van der Waals surface area contributed by atoms with Crippen molar-refractivity contribution in [3.05, 3.63) is 65.2 Å². The molecule has 3 rings (SSSR count). The van der Waals surface area contributed by atoms with Crippen LogP contribution in [0.3, 0.4) is 0 Å². The lowest BCUT2D eigenvalue weighted by atomic mass is 10.1.